The van der Waals surface area contributed by atoms with Crippen LogP contribution in [0.5, 0.6) is 0 Å². The number of amides is 1. The molecule has 0 radical (unpaired) electrons. The zero-order chi connectivity index (χ0) is 13.2. The summed E-state index contributed by atoms with van der Waals surface area (Å²) >= 11 is 0. The van der Waals surface area contributed by atoms with Crippen LogP contribution in [0.1, 0.15) is 6.42 Å². The number of hydrogen-bond donors (Lipinski definition) is 2. The lowest BCUT2D eigenvalue weighted by Gasteiger charge is -2.21. The normalized spacial score (nSPS) is 16.2. The van der Waals surface area contributed by atoms with Gasteiger partial charge in [0.2, 0.25) is 5.91 Å². The summed E-state index contributed by atoms with van der Waals surface area (Å²) in [4.78, 5) is 22.3. The van der Waals surface area contributed by atoms with Crippen LogP contribution >= 0.6 is 0 Å². The molecule has 0 unspecified atom stereocenters. The summed E-state index contributed by atoms with van der Waals surface area (Å²) in [5.41, 5.74) is 7.58. The fourth-order valence-electron chi connectivity index (χ4n) is 2.22. The number of nitrogen functional groups attached to an aromatic ring is 1. The molecule has 1 aliphatic rings. The molecule has 98 valence electrons. The molecule has 1 amide bonds. The molecule has 3 N–H and O–H groups in total. The molecule has 3 rings (SSSR count). The van der Waals surface area contributed by atoms with Crippen molar-refractivity contribution in [3.8, 4) is 0 Å². The van der Waals surface area contributed by atoms with Gasteiger partial charge in [-0.15, -0.1) is 0 Å². The summed E-state index contributed by atoms with van der Waals surface area (Å²) in [6.07, 6.45) is 0.452. The molecule has 1 saturated heterocycles. The molecular weight excluding hydrogens is 242 g/mol. The van der Waals surface area contributed by atoms with Gasteiger partial charge in [-0.05, 0) is 12.1 Å². The van der Waals surface area contributed by atoms with Crippen molar-refractivity contribution >= 4 is 28.6 Å². The Kier molecular flexibility index (Phi) is 2.91. The van der Waals surface area contributed by atoms with E-state index in [2.05, 4.69) is 15.3 Å². The molecule has 0 saturated carbocycles. The fraction of sp³-hybridized carbons (Fsp3) is 0.308. The number of carbonyl (C=O) groups excluding carboxylic acids is 1. The summed E-state index contributed by atoms with van der Waals surface area (Å²) in [5.74, 6) is 1.14. The SMILES string of the molecule is Nc1nc2ccccc2nc1N1CCNC(=O)CC1. The quantitative estimate of drug-likeness (QED) is 0.779. The average Bonchev–Trinajstić information content (AvgIpc) is 2.63. The van der Waals surface area contributed by atoms with E-state index in [0.29, 0.717) is 37.7 Å². The largest absolute Gasteiger partial charge is 0.381 e. The minimum Gasteiger partial charge on any atom is -0.381 e. The second kappa shape index (κ2) is 4.72. The van der Waals surface area contributed by atoms with Gasteiger partial charge >= 0.3 is 0 Å². The molecule has 0 bridgehead atoms. The van der Waals surface area contributed by atoms with E-state index in [-0.39, 0.29) is 5.91 Å². The van der Waals surface area contributed by atoms with Crippen molar-refractivity contribution in [3.63, 3.8) is 0 Å². The second-order valence-corrected chi connectivity index (χ2v) is 4.51. The van der Waals surface area contributed by atoms with Gasteiger partial charge < -0.3 is 16.0 Å². The Morgan fingerprint density at radius 3 is 2.68 bits per heavy atom. The van der Waals surface area contributed by atoms with Crippen molar-refractivity contribution in [2.75, 3.05) is 30.3 Å². The Labute approximate surface area is 110 Å². The lowest BCUT2D eigenvalue weighted by molar-refractivity contribution is -0.120. The summed E-state index contributed by atoms with van der Waals surface area (Å²) in [6, 6.07) is 7.62. The molecular formula is C13H15N5O. The standard InChI is InChI=1S/C13H15N5O/c14-12-13(18-7-5-11(19)15-6-8-18)17-10-4-2-1-3-9(10)16-12/h1-4H,5-8H2,(H2,14,16)(H,15,19). The molecule has 0 spiro atoms. The van der Waals surface area contributed by atoms with E-state index in [1.54, 1.807) is 0 Å². The number of nitrogens with zero attached hydrogens (tertiary/aromatic N) is 3. The first kappa shape index (κ1) is 11.7. The van der Waals surface area contributed by atoms with Crippen molar-refractivity contribution in [2.45, 2.75) is 6.42 Å². The number of nitrogens with two attached hydrogens (primary N) is 1. The average molecular weight is 257 g/mol. The van der Waals surface area contributed by atoms with E-state index in [0.717, 1.165) is 11.0 Å². The summed E-state index contributed by atoms with van der Waals surface area (Å²) in [5, 5.41) is 2.83. The molecule has 0 aliphatic carbocycles. The number of fused-ring (bicyclic) bond motifs is 1. The summed E-state index contributed by atoms with van der Waals surface area (Å²) < 4.78 is 0. The smallest absolute Gasteiger partial charge is 0.221 e. The molecule has 2 aromatic rings. The first-order valence-electron chi connectivity index (χ1n) is 6.28. The number of rotatable bonds is 1. The van der Waals surface area contributed by atoms with Crippen molar-refractivity contribution in [1.82, 2.24) is 15.3 Å². The van der Waals surface area contributed by atoms with Gasteiger partial charge in [-0.3, -0.25) is 4.79 Å². The number of aromatic nitrogens is 2. The summed E-state index contributed by atoms with van der Waals surface area (Å²) in [6.45, 7) is 1.92. The van der Waals surface area contributed by atoms with E-state index < -0.39 is 0 Å². The minimum absolute atomic E-state index is 0.0646. The van der Waals surface area contributed by atoms with Crippen molar-refractivity contribution in [1.29, 1.82) is 0 Å². The highest BCUT2D eigenvalue weighted by atomic mass is 16.1. The highest BCUT2D eigenvalue weighted by molar-refractivity contribution is 5.81. The van der Waals surface area contributed by atoms with Crippen LogP contribution in [-0.4, -0.2) is 35.5 Å². The molecule has 6 nitrogen and oxygen atoms in total. The first-order valence-corrected chi connectivity index (χ1v) is 6.28. The molecule has 2 heterocycles. The summed E-state index contributed by atoms with van der Waals surface area (Å²) in [7, 11) is 0. The van der Waals surface area contributed by atoms with Crippen LogP contribution in [0, 0.1) is 0 Å². The lowest BCUT2D eigenvalue weighted by atomic mass is 10.3. The van der Waals surface area contributed by atoms with Crippen LogP contribution in [0.15, 0.2) is 24.3 Å². The maximum Gasteiger partial charge on any atom is 0.221 e. The molecule has 19 heavy (non-hydrogen) atoms. The second-order valence-electron chi connectivity index (χ2n) is 4.51. The highest BCUT2D eigenvalue weighted by Gasteiger charge is 2.18. The molecule has 1 aromatic carbocycles. The van der Waals surface area contributed by atoms with Crippen LogP contribution < -0.4 is 16.0 Å². The van der Waals surface area contributed by atoms with E-state index in [9.17, 15) is 4.79 Å². The predicted molar refractivity (Wildman–Crippen MR) is 73.8 cm³/mol. The molecule has 1 aromatic heterocycles. The topological polar surface area (TPSA) is 84.1 Å². The number of hydrogen-bond acceptors (Lipinski definition) is 5. The zero-order valence-corrected chi connectivity index (χ0v) is 10.5. The van der Waals surface area contributed by atoms with Gasteiger partial charge in [-0.25, -0.2) is 9.97 Å². The Hall–Kier alpha value is -2.37. The van der Waals surface area contributed by atoms with Gasteiger partial charge in [0, 0.05) is 26.1 Å². The van der Waals surface area contributed by atoms with Gasteiger partial charge in [-0.1, -0.05) is 12.1 Å². The monoisotopic (exact) mass is 257 g/mol. The molecule has 6 heteroatoms. The van der Waals surface area contributed by atoms with Crippen LogP contribution in [0.2, 0.25) is 0 Å². The molecule has 0 atom stereocenters. The third kappa shape index (κ3) is 2.29. The van der Waals surface area contributed by atoms with Crippen LogP contribution in [0.4, 0.5) is 11.6 Å². The minimum atomic E-state index is 0.0646. The van der Waals surface area contributed by atoms with Crippen molar-refractivity contribution < 1.29 is 4.79 Å². The lowest BCUT2D eigenvalue weighted by Crippen LogP contribution is -2.29. The number of carbonyl (C=O) groups is 1. The Morgan fingerprint density at radius 2 is 1.89 bits per heavy atom. The van der Waals surface area contributed by atoms with E-state index in [1.165, 1.54) is 0 Å². The number of benzene rings is 1. The molecule has 1 aliphatic heterocycles. The van der Waals surface area contributed by atoms with Gasteiger partial charge in [0.05, 0.1) is 11.0 Å². The number of para-hydroxylation sites is 2. The number of anilines is 2. The Balaban J connectivity index is 1.99. The van der Waals surface area contributed by atoms with Gasteiger partial charge in [0.1, 0.15) is 0 Å². The Bertz CT molecular complexity index is 627. The van der Waals surface area contributed by atoms with E-state index in [4.69, 9.17) is 5.73 Å². The maximum atomic E-state index is 11.4. The predicted octanol–water partition coefficient (Wildman–Crippen LogP) is 0.538. The molecule has 1 fully saturated rings. The number of nitrogens with one attached hydrogen (secondary N) is 1. The first-order chi connectivity index (χ1) is 9.24. The zero-order valence-electron chi connectivity index (χ0n) is 10.5. The van der Waals surface area contributed by atoms with Gasteiger partial charge in [-0.2, -0.15) is 0 Å². The van der Waals surface area contributed by atoms with Crippen LogP contribution in [0.3, 0.4) is 0 Å². The third-order valence-electron chi connectivity index (χ3n) is 3.19. The van der Waals surface area contributed by atoms with E-state index >= 15 is 0 Å². The third-order valence-corrected chi connectivity index (χ3v) is 3.19. The van der Waals surface area contributed by atoms with Crippen molar-refractivity contribution in [3.05, 3.63) is 24.3 Å². The highest BCUT2D eigenvalue weighted by Crippen LogP contribution is 2.22. The van der Waals surface area contributed by atoms with Gasteiger partial charge in [0.25, 0.3) is 0 Å². The maximum absolute atomic E-state index is 11.4. The van der Waals surface area contributed by atoms with Crippen LogP contribution in [-0.2, 0) is 4.79 Å². The van der Waals surface area contributed by atoms with Gasteiger partial charge in [0.15, 0.2) is 11.6 Å². The van der Waals surface area contributed by atoms with Crippen molar-refractivity contribution in [2.24, 2.45) is 0 Å². The fourth-order valence-corrected chi connectivity index (χ4v) is 2.22. The Morgan fingerprint density at radius 1 is 1.16 bits per heavy atom. The van der Waals surface area contributed by atoms with Crippen LogP contribution in [0.25, 0.3) is 11.0 Å². The van der Waals surface area contributed by atoms with E-state index in [1.807, 2.05) is 29.2 Å².